The van der Waals surface area contributed by atoms with Gasteiger partial charge in [0.2, 0.25) is 0 Å². The first-order chi connectivity index (χ1) is 9.59. The van der Waals surface area contributed by atoms with Gasteiger partial charge in [-0.25, -0.2) is 8.42 Å². The topological polar surface area (TPSA) is 46.6 Å². The maximum atomic E-state index is 12.6. The number of hydrogen-bond acceptors (Lipinski definition) is 4. The van der Waals surface area contributed by atoms with Crippen LogP contribution in [0.5, 0.6) is 5.75 Å². The van der Waals surface area contributed by atoms with Crippen molar-refractivity contribution in [3.8, 4) is 5.75 Å². The van der Waals surface area contributed by atoms with Gasteiger partial charge in [0, 0.05) is 6.07 Å². The molecule has 0 bridgehead atoms. The van der Waals surface area contributed by atoms with Crippen molar-refractivity contribution in [3.05, 3.63) is 54.4 Å². The molecular formula is C14H15NO3S2. The van der Waals surface area contributed by atoms with Gasteiger partial charge in [-0.2, -0.15) is 0 Å². The average Bonchev–Trinajstić information content (AvgIpc) is 2.99. The van der Waals surface area contributed by atoms with E-state index in [0.717, 1.165) is 0 Å². The van der Waals surface area contributed by atoms with Crippen LogP contribution in [0, 0.1) is 0 Å². The van der Waals surface area contributed by atoms with Gasteiger partial charge in [0.05, 0.1) is 19.3 Å². The summed E-state index contributed by atoms with van der Waals surface area (Å²) in [5, 5.41) is 1.74. The number of nitrogens with zero attached hydrogens (tertiary/aromatic N) is 1. The molecule has 1 aromatic carbocycles. The largest absolute Gasteiger partial charge is 0.497 e. The van der Waals surface area contributed by atoms with Crippen LogP contribution in [-0.4, -0.2) is 22.1 Å². The molecule has 0 fully saturated rings. The fourth-order valence-corrected chi connectivity index (χ4v) is 4.28. The summed E-state index contributed by atoms with van der Waals surface area (Å²) < 4.78 is 32.0. The summed E-state index contributed by atoms with van der Waals surface area (Å²) in [6, 6.07) is 10.3. The van der Waals surface area contributed by atoms with E-state index >= 15 is 0 Å². The molecule has 0 spiro atoms. The molecule has 2 rings (SSSR count). The van der Waals surface area contributed by atoms with E-state index in [2.05, 4.69) is 6.58 Å². The predicted octanol–water partition coefficient (Wildman–Crippen LogP) is 3.14. The Labute approximate surface area is 123 Å². The second-order valence-corrected chi connectivity index (χ2v) is 7.00. The molecule has 0 aliphatic heterocycles. The third-order valence-electron chi connectivity index (χ3n) is 2.68. The third kappa shape index (κ3) is 2.86. The highest BCUT2D eigenvalue weighted by molar-refractivity contribution is 7.94. The second kappa shape index (κ2) is 6.11. The molecule has 1 aromatic heterocycles. The van der Waals surface area contributed by atoms with E-state index in [1.54, 1.807) is 55.0 Å². The minimum atomic E-state index is -3.57. The smallest absolute Gasteiger partial charge is 0.274 e. The van der Waals surface area contributed by atoms with Crippen LogP contribution < -0.4 is 9.04 Å². The van der Waals surface area contributed by atoms with Crippen molar-refractivity contribution in [2.45, 2.75) is 4.21 Å². The van der Waals surface area contributed by atoms with Crippen molar-refractivity contribution in [1.29, 1.82) is 0 Å². The minimum Gasteiger partial charge on any atom is -0.497 e. The summed E-state index contributed by atoms with van der Waals surface area (Å²) in [6.07, 6.45) is 1.56. The van der Waals surface area contributed by atoms with Crippen molar-refractivity contribution in [2.24, 2.45) is 0 Å². The standard InChI is InChI=1S/C14H15NO3S2/c1-3-9-15(12-6-4-7-13(11-12)18-2)20(16,17)14-8-5-10-19-14/h3-8,10-11H,1,9H2,2H3. The SMILES string of the molecule is C=CCN(c1cccc(OC)c1)S(=O)(=O)c1cccs1. The molecule has 0 saturated carbocycles. The zero-order chi connectivity index (χ0) is 14.6. The molecule has 106 valence electrons. The second-order valence-electron chi connectivity index (χ2n) is 3.96. The van der Waals surface area contributed by atoms with Gasteiger partial charge >= 0.3 is 0 Å². The average molecular weight is 309 g/mol. The lowest BCUT2D eigenvalue weighted by Crippen LogP contribution is -2.30. The summed E-state index contributed by atoms with van der Waals surface area (Å²) >= 11 is 1.19. The molecule has 0 aliphatic carbocycles. The van der Waals surface area contributed by atoms with Gasteiger partial charge in [0.15, 0.2) is 0 Å². The number of methoxy groups -OCH3 is 1. The van der Waals surface area contributed by atoms with Gasteiger partial charge in [-0.05, 0) is 23.6 Å². The maximum absolute atomic E-state index is 12.6. The van der Waals surface area contributed by atoms with Crippen LogP contribution in [-0.2, 0) is 10.0 Å². The molecular weight excluding hydrogens is 294 g/mol. The number of thiophene rings is 1. The zero-order valence-corrected chi connectivity index (χ0v) is 12.7. The van der Waals surface area contributed by atoms with E-state index < -0.39 is 10.0 Å². The van der Waals surface area contributed by atoms with E-state index in [1.165, 1.54) is 15.6 Å². The molecule has 6 heteroatoms. The van der Waals surface area contributed by atoms with Crippen molar-refractivity contribution in [3.63, 3.8) is 0 Å². The van der Waals surface area contributed by atoms with Crippen LogP contribution in [0.25, 0.3) is 0 Å². The molecule has 0 radical (unpaired) electrons. The maximum Gasteiger partial charge on any atom is 0.274 e. The van der Waals surface area contributed by atoms with Crippen LogP contribution in [0.1, 0.15) is 0 Å². The first-order valence-corrected chi connectivity index (χ1v) is 8.22. The lowest BCUT2D eigenvalue weighted by Gasteiger charge is -2.22. The quantitative estimate of drug-likeness (QED) is 0.770. The first kappa shape index (κ1) is 14.6. The fourth-order valence-electron chi connectivity index (χ4n) is 1.74. The highest BCUT2D eigenvalue weighted by atomic mass is 32.2. The Kier molecular flexibility index (Phi) is 4.46. The van der Waals surface area contributed by atoms with E-state index in [4.69, 9.17) is 4.74 Å². The van der Waals surface area contributed by atoms with Crippen molar-refractivity contribution >= 4 is 27.0 Å². The Balaban J connectivity index is 2.48. The molecule has 1 heterocycles. The summed E-state index contributed by atoms with van der Waals surface area (Å²) in [5.74, 6) is 0.609. The molecule has 2 aromatic rings. The highest BCUT2D eigenvalue weighted by Crippen LogP contribution is 2.28. The Morgan fingerprint density at radius 2 is 2.15 bits per heavy atom. The van der Waals surface area contributed by atoms with Crippen LogP contribution in [0.15, 0.2) is 58.6 Å². The molecule has 0 unspecified atom stereocenters. The number of benzene rings is 1. The summed E-state index contributed by atoms with van der Waals surface area (Å²) in [4.78, 5) is 0. The first-order valence-electron chi connectivity index (χ1n) is 5.91. The Morgan fingerprint density at radius 1 is 1.35 bits per heavy atom. The zero-order valence-electron chi connectivity index (χ0n) is 11.0. The molecule has 0 atom stereocenters. The van der Waals surface area contributed by atoms with Crippen LogP contribution in [0.4, 0.5) is 5.69 Å². The van der Waals surface area contributed by atoms with Gasteiger partial charge < -0.3 is 4.74 Å². The minimum absolute atomic E-state index is 0.202. The van der Waals surface area contributed by atoms with Gasteiger partial charge in [-0.1, -0.05) is 18.2 Å². The van der Waals surface area contributed by atoms with Crippen LogP contribution in [0.3, 0.4) is 0 Å². The van der Waals surface area contributed by atoms with Gasteiger partial charge in [-0.3, -0.25) is 4.31 Å². The molecule has 0 saturated heterocycles. The summed E-state index contributed by atoms with van der Waals surface area (Å²) in [6.45, 7) is 3.83. The van der Waals surface area contributed by atoms with Crippen molar-refractivity contribution in [1.82, 2.24) is 0 Å². The summed E-state index contributed by atoms with van der Waals surface area (Å²) in [5.41, 5.74) is 0.553. The van der Waals surface area contributed by atoms with Gasteiger partial charge in [-0.15, -0.1) is 17.9 Å². The van der Waals surface area contributed by atoms with E-state index in [0.29, 0.717) is 15.6 Å². The monoisotopic (exact) mass is 309 g/mol. The number of hydrogen-bond donors (Lipinski definition) is 0. The third-order valence-corrected chi connectivity index (χ3v) is 5.84. The number of ether oxygens (including phenoxy) is 1. The van der Waals surface area contributed by atoms with Crippen LogP contribution >= 0.6 is 11.3 Å². The lowest BCUT2D eigenvalue weighted by molar-refractivity contribution is 0.415. The normalized spacial score (nSPS) is 11.1. The van der Waals surface area contributed by atoms with E-state index in [-0.39, 0.29) is 6.54 Å². The Hall–Kier alpha value is -1.79. The summed E-state index contributed by atoms with van der Waals surface area (Å²) in [7, 11) is -2.03. The number of anilines is 1. The van der Waals surface area contributed by atoms with E-state index in [9.17, 15) is 8.42 Å². The van der Waals surface area contributed by atoms with Crippen molar-refractivity contribution in [2.75, 3.05) is 18.0 Å². The van der Waals surface area contributed by atoms with Gasteiger partial charge in [0.1, 0.15) is 9.96 Å². The Morgan fingerprint density at radius 3 is 2.75 bits per heavy atom. The molecule has 0 amide bonds. The van der Waals surface area contributed by atoms with Crippen LogP contribution in [0.2, 0.25) is 0 Å². The number of sulfonamides is 1. The molecule has 0 aliphatic rings. The predicted molar refractivity (Wildman–Crippen MR) is 82.0 cm³/mol. The lowest BCUT2D eigenvalue weighted by atomic mass is 10.3. The Bertz CT molecular complexity index is 678. The fraction of sp³-hybridized carbons (Fsp3) is 0.143. The van der Waals surface area contributed by atoms with E-state index in [1.807, 2.05) is 0 Å². The number of rotatable bonds is 6. The molecule has 20 heavy (non-hydrogen) atoms. The van der Waals surface area contributed by atoms with Crippen molar-refractivity contribution < 1.29 is 13.2 Å². The highest BCUT2D eigenvalue weighted by Gasteiger charge is 2.25. The van der Waals surface area contributed by atoms with Gasteiger partial charge in [0.25, 0.3) is 10.0 Å². The molecule has 0 N–H and O–H groups in total. The molecule has 4 nitrogen and oxygen atoms in total.